The number of nitrogens with zero attached hydrogens (tertiary/aromatic N) is 2. The van der Waals surface area contributed by atoms with Crippen LogP contribution in [-0.2, 0) is 10.2 Å². The summed E-state index contributed by atoms with van der Waals surface area (Å²) in [5.41, 5.74) is 0. The zero-order valence-corrected chi connectivity index (χ0v) is 12.5. The predicted octanol–water partition coefficient (Wildman–Crippen LogP) is 0.210. The monoisotopic (exact) mass is 281 g/mol. The van der Waals surface area contributed by atoms with Crippen molar-refractivity contribution < 1.29 is 8.42 Å². The van der Waals surface area contributed by atoms with Gasteiger partial charge in [0.25, 0.3) is 10.2 Å². The first-order chi connectivity index (χ1) is 7.98. The van der Waals surface area contributed by atoms with Crippen LogP contribution < -0.4 is 5.32 Å². The molecule has 1 atom stereocenters. The number of nitrogens with one attached hydrogen (secondary N) is 1. The third-order valence-corrected chi connectivity index (χ3v) is 5.91. The fraction of sp³-hybridized carbons (Fsp3) is 1.00. The minimum atomic E-state index is -3.25. The van der Waals surface area contributed by atoms with Gasteiger partial charge in [-0.05, 0) is 20.0 Å². The SMILES string of the molecule is CNCCCN(C)S(=O)(=O)N1CCSC(C)C1. The van der Waals surface area contributed by atoms with E-state index in [0.29, 0.717) is 24.9 Å². The molecule has 5 nitrogen and oxygen atoms in total. The molecule has 0 radical (unpaired) electrons. The van der Waals surface area contributed by atoms with Crippen molar-refractivity contribution in [3.63, 3.8) is 0 Å². The molecule has 1 N–H and O–H groups in total. The molecule has 0 aromatic carbocycles. The summed E-state index contributed by atoms with van der Waals surface area (Å²) in [6.07, 6.45) is 0.838. The van der Waals surface area contributed by atoms with E-state index in [1.807, 2.05) is 18.8 Å². The number of thioether (sulfide) groups is 1. The highest BCUT2D eigenvalue weighted by atomic mass is 32.2. The lowest BCUT2D eigenvalue weighted by Gasteiger charge is -2.32. The Bertz CT molecular complexity index is 322. The van der Waals surface area contributed by atoms with Crippen molar-refractivity contribution in [2.45, 2.75) is 18.6 Å². The molecular formula is C10H23N3O2S2. The molecule has 17 heavy (non-hydrogen) atoms. The fourth-order valence-corrected chi connectivity index (χ4v) is 4.50. The van der Waals surface area contributed by atoms with Crippen molar-refractivity contribution in [2.24, 2.45) is 0 Å². The smallest absolute Gasteiger partial charge is 0.281 e. The van der Waals surface area contributed by atoms with E-state index < -0.39 is 10.2 Å². The van der Waals surface area contributed by atoms with Gasteiger partial charge < -0.3 is 5.32 Å². The van der Waals surface area contributed by atoms with E-state index in [9.17, 15) is 8.42 Å². The van der Waals surface area contributed by atoms with Gasteiger partial charge in [-0.1, -0.05) is 6.92 Å². The second kappa shape index (κ2) is 6.94. The second-order valence-electron chi connectivity index (χ2n) is 4.33. The summed E-state index contributed by atoms with van der Waals surface area (Å²) in [6, 6.07) is 0. The summed E-state index contributed by atoms with van der Waals surface area (Å²) >= 11 is 1.84. The van der Waals surface area contributed by atoms with E-state index in [1.54, 1.807) is 11.4 Å². The summed E-state index contributed by atoms with van der Waals surface area (Å²) in [5.74, 6) is 0.894. The zero-order chi connectivity index (χ0) is 12.9. The standard InChI is InChI=1S/C10H23N3O2S2/c1-10-9-13(7-8-16-10)17(14,15)12(3)6-4-5-11-2/h10-11H,4-9H2,1-3H3. The van der Waals surface area contributed by atoms with Gasteiger partial charge >= 0.3 is 0 Å². The highest BCUT2D eigenvalue weighted by molar-refractivity contribution is 8.00. The molecule has 0 spiro atoms. The molecule has 0 aromatic heterocycles. The van der Waals surface area contributed by atoms with Crippen molar-refractivity contribution in [2.75, 3.05) is 46.0 Å². The molecule has 0 aromatic rings. The van der Waals surface area contributed by atoms with Crippen LogP contribution in [0.1, 0.15) is 13.3 Å². The summed E-state index contributed by atoms with van der Waals surface area (Å²) in [7, 11) is 0.287. The van der Waals surface area contributed by atoms with Crippen LogP contribution in [0.3, 0.4) is 0 Å². The van der Waals surface area contributed by atoms with E-state index in [1.165, 1.54) is 4.31 Å². The molecule has 7 heteroatoms. The molecule has 1 aliphatic rings. The minimum absolute atomic E-state index is 0.393. The van der Waals surface area contributed by atoms with Crippen LogP contribution >= 0.6 is 11.8 Å². The van der Waals surface area contributed by atoms with E-state index in [0.717, 1.165) is 18.7 Å². The lowest BCUT2D eigenvalue weighted by molar-refractivity contribution is 0.363. The molecule has 1 rings (SSSR count). The highest BCUT2D eigenvalue weighted by Crippen LogP contribution is 2.21. The lowest BCUT2D eigenvalue weighted by Crippen LogP contribution is -2.47. The Kier molecular flexibility index (Phi) is 6.22. The number of hydrogen-bond donors (Lipinski definition) is 1. The Balaban J connectivity index is 2.53. The Labute approximate surface area is 109 Å². The Morgan fingerprint density at radius 3 is 2.82 bits per heavy atom. The molecule has 0 bridgehead atoms. The van der Waals surface area contributed by atoms with E-state index in [4.69, 9.17) is 0 Å². The molecule has 1 heterocycles. The van der Waals surface area contributed by atoms with Gasteiger partial charge in [0.15, 0.2) is 0 Å². The van der Waals surface area contributed by atoms with Gasteiger partial charge in [0.1, 0.15) is 0 Å². The van der Waals surface area contributed by atoms with Crippen molar-refractivity contribution >= 4 is 22.0 Å². The maximum atomic E-state index is 12.2. The van der Waals surface area contributed by atoms with Gasteiger partial charge in [0.05, 0.1) is 0 Å². The topological polar surface area (TPSA) is 52.7 Å². The summed E-state index contributed by atoms with van der Waals surface area (Å²) < 4.78 is 27.6. The van der Waals surface area contributed by atoms with E-state index >= 15 is 0 Å². The summed E-state index contributed by atoms with van der Waals surface area (Å²) in [4.78, 5) is 0. The summed E-state index contributed by atoms with van der Waals surface area (Å²) in [5, 5.41) is 3.42. The molecule has 1 unspecified atom stereocenters. The van der Waals surface area contributed by atoms with Crippen LogP contribution in [0, 0.1) is 0 Å². The van der Waals surface area contributed by atoms with Crippen LogP contribution in [0.2, 0.25) is 0 Å². The summed E-state index contributed by atoms with van der Waals surface area (Å²) in [6.45, 7) is 4.75. The first-order valence-corrected chi connectivity index (χ1v) is 8.40. The third-order valence-electron chi connectivity index (χ3n) is 2.82. The van der Waals surface area contributed by atoms with Crippen molar-refractivity contribution in [3.8, 4) is 0 Å². The van der Waals surface area contributed by atoms with Crippen LogP contribution in [0.5, 0.6) is 0 Å². The van der Waals surface area contributed by atoms with Crippen molar-refractivity contribution in [1.29, 1.82) is 0 Å². The van der Waals surface area contributed by atoms with Gasteiger partial charge in [0, 0.05) is 37.7 Å². The van der Waals surface area contributed by atoms with Gasteiger partial charge in [-0.15, -0.1) is 0 Å². The lowest BCUT2D eigenvalue weighted by atomic mass is 10.4. The minimum Gasteiger partial charge on any atom is -0.320 e. The van der Waals surface area contributed by atoms with Crippen LogP contribution in [0.4, 0.5) is 0 Å². The number of hydrogen-bond acceptors (Lipinski definition) is 4. The average Bonchev–Trinajstić information content (AvgIpc) is 2.29. The average molecular weight is 281 g/mol. The maximum Gasteiger partial charge on any atom is 0.281 e. The Hall–Kier alpha value is 0.180. The van der Waals surface area contributed by atoms with Crippen LogP contribution in [-0.4, -0.2) is 68.3 Å². The molecule has 0 aliphatic carbocycles. The molecule has 102 valence electrons. The molecule has 0 saturated carbocycles. The third kappa shape index (κ3) is 4.40. The molecular weight excluding hydrogens is 258 g/mol. The Morgan fingerprint density at radius 2 is 2.24 bits per heavy atom. The Morgan fingerprint density at radius 1 is 1.53 bits per heavy atom. The first-order valence-electron chi connectivity index (χ1n) is 5.96. The highest BCUT2D eigenvalue weighted by Gasteiger charge is 2.30. The van der Waals surface area contributed by atoms with E-state index in [-0.39, 0.29) is 0 Å². The van der Waals surface area contributed by atoms with Crippen LogP contribution in [0.15, 0.2) is 0 Å². The predicted molar refractivity (Wildman–Crippen MR) is 73.6 cm³/mol. The van der Waals surface area contributed by atoms with Gasteiger partial charge in [0.2, 0.25) is 0 Å². The second-order valence-corrected chi connectivity index (χ2v) is 7.91. The molecule has 1 fully saturated rings. The van der Waals surface area contributed by atoms with Crippen molar-refractivity contribution in [1.82, 2.24) is 13.9 Å². The van der Waals surface area contributed by atoms with Gasteiger partial charge in [-0.3, -0.25) is 0 Å². The molecule has 1 aliphatic heterocycles. The maximum absolute atomic E-state index is 12.2. The quantitative estimate of drug-likeness (QED) is 0.707. The van der Waals surface area contributed by atoms with E-state index in [2.05, 4.69) is 12.2 Å². The van der Waals surface area contributed by atoms with Crippen molar-refractivity contribution in [3.05, 3.63) is 0 Å². The molecule has 1 saturated heterocycles. The van der Waals surface area contributed by atoms with Crippen LogP contribution in [0.25, 0.3) is 0 Å². The van der Waals surface area contributed by atoms with Gasteiger partial charge in [-0.2, -0.15) is 28.8 Å². The molecule has 0 amide bonds. The number of rotatable bonds is 6. The van der Waals surface area contributed by atoms with Gasteiger partial charge in [-0.25, -0.2) is 0 Å². The largest absolute Gasteiger partial charge is 0.320 e. The normalized spacial score (nSPS) is 23.2. The zero-order valence-electron chi connectivity index (χ0n) is 10.8. The first kappa shape index (κ1) is 15.2. The fourth-order valence-electron chi connectivity index (χ4n) is 1.79.